The monoisotopic (exact) mass is 458 g/mol. The van der Waals surface area contributed by atoms with E-state index in [1.165, 1.54) is 83.5 Å². The molecule has 0 aromatic heterocycles. The summed E-state index contributed by atoms with van der Waals surface area (Å²) in [6, 6.07) is 0. The smallest absolute Gasteiger partial charge is 0.307 e. The summed E-state index contributed by atoms with van der Waals surface area (Å²) >= 11 is 0. The van der Waals surface area contributed by atoms with Gasteiger partial charge in [0.15, 0.2) is 6.23 Å². The van der Waals surface area contributed by atoms with Gasteiger partial charge >= 0.3 is 5.97 Å². The first-order valence-electron chi connectivity index (χ1n) is 13.2. The number of amidine groups is 1. The first kappa shape index (κ1) is 30.2. The van der Waals surface area contributed by atoms with Gasteiger partial charge in [0.05, 0.1) is 6.54 Å². The molecule has 0 spiro atoms. The number of hydrogen-bond donors (Lipinski definition) is 0. The van der Waals surface area contributed by atoms with Crippen LogP contribution in [0.4, 0.5) is 0 Å². The van der Waals surface area contributed by atoms with E-state index in [9.17, 15) is 4.79 Å². The van der Waals surface area contributed by atoms with Gasteiger partial charge < -0.3 is 9.64 Å². The van der Waals surface area contributed by atoms with Crippen molar-refractivity contribution >= 4 is 24.2 Å². The number of unbranched alkanes of at least 4 members (excludes halogenated alkanes) is 14. The second-order valence-corrected chi connectivity index (χ2v) is 9.03. The molecule has 5 heteroatoms. The molecule has 1 rings (SSSR count). The van der Waals surface area contributed by atoms with Gasteiger partial charge in [-0.05, 0) is 19.8 Å². The molecular formula is C26H51ClN2O2. The maximum Gasteiger partial charge on any atom is 0.307 e. The highest BCUT2D eigenvalue weighted by Crippen LogP contribution is 2.15. The molecule has 4 nitrogen and oxygen atoms in total. The number of ether oxygens (including phenoxy) is 1. The number of halogens is 1. The maximum absolute atomic E-state index is 12.1. The molecule has 1 heterocycles. The number of nitrogens with zero attached hydrogens (tertiary/aromatic N) is 2. The summed E-state index contributed by atoms with van der Waals surface area (Å²) in [4.78, 5) is 18.8. The first-order valence-corrected chi connectivity index (χ1v) is 13.2. The number of carbonyl (C=O) groups is 1. The highest BCUT2D eigenvalue weighted by molar-refractivity contribution is 5.85. The van der Waals surface area contributed by atoms with E-state index in [4.69, 9.17) is 4.74 Å². The molecule has 0 N–H and O–H groups in total. The van der Waals surface area contributed by atoms with Crippen molar-refractivity contribution in [3.63, 3.8) is 0 Å². The fourth-order valence-electron chi connectivity index (χ4n) is 4.30. The van der Waals surface area contributed by atoms with Gasteiger partial charge in [-0.25, -0.2) is 0 Å². The van der Waals surface area contributed by atoms with Crippen LogP contribution in [0.3, 0.4) is 0 Å². The molecule has 0 aliphatic carbocycles. The molecule has 0 amide bonds. The third-order valence-electron chi connectivity index (χ3n) is 6.17. The second-order valence-electron chi connectivity index (χ2n) is 9.03. The lowest BCUT2D eigenvalue weighted by Crippen LogP contribution is -2.39. The Morgan fingerprint density at radius 1 is 0.839 bits per heavy atom. The molecule has 31 heavy (non-hydrogen) atoms. The van der Waals surface area contributed by atoms with E-state index in [0.29, 0.717) is 6.42 Å². The largest absolute Gasteiger partial charge is 0.442 e. The van der Waals surface area contributed by atoms with Crippen molar-refractivity contribution in [2.45, 2.75) is 143 Å². The van der Waals surface area contributed by atoms with Crippen molar-refractivity contribution in [2.24, 2.45) is 4.99 Å². The van der Waals surface area contributed by atoms with Crippen LogP contribution in [-0.4, -0.2) is 36.0 Å². The van der Waals surface area contributed by atoms with Gasteiger partial charge in [-0.2, -0.15) is 0 Å². The molecule has 0 radical (unpaired) electrons. The SMILES string of the molecule is CCCCCCCCCCCCCCCCCC(=O)OC(C)N1CCN=C1CCC.Cl. The van der Waals surface area contributed by atoms with E-state index in [1.807, 2.05) is 6.92 Å². The van der Waals surface area contributed by atoms with Crippen LogP contribution in [-0.2, 0) is 9.53 Å². The van der Waals surface area contributed by atoms with Gasteiger partial charge in [-0.1, -0.05) is 104 Å². The van der Waals surface area contributed by atoms with Gasteiger partial charge in [0.25, 0.3) is 0 Å². The van der Waals surface area contributed by atoms with Crippen LogP contribution in [0.15, 0.2) is 4.99 Å². The van der Waals surface area contributed by atoms with E-state index in [0.717, 1.165) is 44.6 Å². The first-order chi connectivity index (χ1) is 14.7. The minimum absolute atomic E-state index is 0. The van der Waals surface area contributed by atoms with E-state index < -0.39 is 0 Å². The van der Waals surface area contributed by atoms with Gasteiger partial charge in [0.1, 0.15) is 5.84 Å². The molecular weight excluding hydrogens is 408 g/mol. The average molecular weight is 459 g/mol. The lowest BCUT2D eigenvalue weighted by Gasteiger charge is -2.27. The van der Waals surface area contributed by atoms with Crippen molar-refractivity contribution < 1.29 is 9.53 Å². The highest BCUT2D eigenvalue weighted by atomic mass is 35.5. The standard InChI is InChI=1S/C26H50N2O2.ClH/c1-4-6-7-8-9-10-11-12-13-14-15-16-17-18-19-21-26(29)30-24(3)28-23-22-27-25(28)20-5-2;/h24H,4-23H2,1-3H3;1H. The van der Waals surface area contributed by atoms with Crippen LogP contribution in [0.5, 0.6) is 0 Å². The Hall–Kier alpha value is -0.770. The fraction of sp³-hybridized carbons (Fsp3) is 0.923. The summed E-state index contributed by atoms with van der Waals surface area (Å²) in [6.07, 6.45) is 22.6. The van der Waals surface area contributed by atoms with Crippen LogP contribution >= 0.6 is 12.4 Å². The van der Waals surface area contributed by atoms with Crippen molar-refractivity contribution in [3.05, 3.63) is 0 Å². The van der Waals surface area contributed by atoms with Crippen LogP contribution in [0.2, 0.25) is 0 Å². The third-order valence-corrected chi connectivity index (χ3v) is 6.17. The predicted molar refractivity (Wildman–Crippen MR) is 136 cm³/mol. The Bertz CT molecular complexity index is 457. The van der Waals surface area contributed by atoms with Gasteiger partial charge in [-0.15, -0.1) is 12.4 Å². The molecule has 1 unspecified atom stereocenters. The van der Waals surface area contributed by atoms with Crippen molar-refractivity contribution in [1.29, 1.82) is 0 Å². The Kier molecular flexibility index (Phi) is 20.6. The summed E-state index contributed by atoms with van der Waals surface area (Å²) < 4.78 is 5.64. The lowest BCUT2D eigenvalue weighted by molar-refractivity contribution is -0.154. The molecule has 184 valence electrons. The zero-order chi connectivity index (χ0) is 21.9. The Morgan fingerprint density at radius 2 is 1.32 bits per heavy atom. The van der Waals surface area contributed by atoms with E-state index >= 15 is 0 Å². The summed E-state index contributed by atoms with van der Waals surface area (Å²) in [5, 5.41) is 0. The Morgan fingerprint density at radius 3 is 1.81 bits per heavy atom. The topological polar surface area (TPSA) is 41.9 Å². The van der Waals surface area contributed by atoms with Gasteiger partial charge in [0, 0.05) is 19.4 Å². The van der Waals surface area contributed by atoms with E-state index in [-0.39, 0.29) is 24.6 Å². The van der Waals surface area contributed by atoms with E-state index in [2.05, 4.69) is 23.7 Å². The third kappa shape index (κ3) is 15.6. The summed E-state index contributed by atoms with van der Waals surface area (Å²) in [7, 11) is 0. The highest BCUT2D eigenvalue weighted by Gasteiger charge is 2.23. The number of esters is 1. The molecule has 1 atom stereocenters. The Balaban J connectivity index is 0.00000900. The number of carbonyl (C=O) groups excluding carboxylic acids is 1. The zero-order valence-electron chi connectivity index (χ0n) is 20.8. The molecule has 0 saturated carbocycles. The lowest BCUT2D eigenvalue weighted by atomic mass is 10.0. The quantitative estimate of drug-likeness (QED) is 0.137. The minimum Gasteiger partial charge on any atom is -0.442 e. The molecule has 0 aromatic rings. The van der Waals surface area contributed by atoms with Gasteiger partial charge in [-0.3, -0.25) is 9.79 Å². The van der Waals surface area contributed by atoms with Crippen LogP contribution in [0, 0.1) is 0 Å². The molecule has 1 aliphatic heterocycles. The van der Waals surface area contributed by atoms with E-state index in [1.54, 1.807) is 0 Å². The molecule has 0 fully saturated rings. The summed E-state index contributed by atoms with van der Waals surface area (Å²) in [5.74, 6) is 1.05. The number of hydrogen-bond acceptors (Lipinski definition) is 4. The Labute approximate surface area is 199 Å². The normalized spacial score (nSPS) is 14.3. The average Bonchev–Trinajstić information content (AvgIpc) is 3.19. The van der Waals surface area contributed by atoms with Crippen molar-refractivity contribution in [2.75, 3.05) is 13.1 Å². The predicted octanol–water partition coefficient (Wildman–Crippen LogP) is 8.07. The number of aliphatic imine (C=N–C) groups is 1. The fourth-order valence-corrected chi connectivity index (χ4v) is 4.30. The summed E-state index contributed by atoms with van der Waals surface area (Å²) in [6.45, 7) is 8.12. The maximum atomic E-state index is 12.1. The molecule has 0 saturated heterocycles. The summed E-state index contributed by atoms with van der Waals surface area (Å²) in [5.41, 5.74) is 0. The van der Waals surface area contributed by atoms with Gasteiger partial charge in [0.2, 0.25) is 0 Å². The van der Waals surface area contributed by atoms with Crippen LogP contribution in [0.1, 0.15) is 136 Å². The number of rotatable bonds is 20. The van der Waals surface area contributed by atoms with Crippen LogP contribution < -0.4 is 0 Å². The minimum atomic E-state index is -0.179. The molecule has 0 bridgehead atoms. The molecule has 0 aromatic carbocycles. The molecule has 1 aliphatic rings. The van der Waals surface area contributed by atoms with Crippen LogP contribution in [0.25, 0.3) is 0 Å². The van der Waals surface area contributed by atoms with Crippen molar-refractivity contribution in [3.8, 4) is 0 Å². The zero-order valence-corrected chi connectivity index (χ0v) is 21.7. The second kappa shape index (κ2) is 21.1. The van der Waals surface area contributed by atoms with Crippen molar-refractivity contribution in [1.82, 2.24) is 4.90 Å².